The molecule has 140 valence electrons. The number of hydrogen-bond donors (Lipinski definition) is 2. The molecule has 4 rings (SSSR count). The van der Waals surface area contributed by atoms with E-state index in [-0.39, 0.29) is 23.4 Å². The number of nitrogens with one attached hydrogen (secondary N) is 1. The van der Waals surface area contributed by atoms with Crippen LogP contribution in [0, 0.1) is 6.92 Å². The zero-order valence-corrected chi connectivity index (χ0v) is 16.2. The Bertz CT molecular complexity index is 1130. The summed E-state index contributed by atoms with van der Waals surface area (Å²) in [4.78, 5) is 17.0. The number of phenolic OH excluding ortho intramolecular Hbond substituents is 1. The summed E-state index contributed by atoms with van der Waals surface area (Å²) < 4.78 is 5.83. The average Bonchev–Trinajstić information content (AvgIpc) is 3.32. The normalized spacial score (nSPS) is 10.8. The molecule has 0 aliphatic heterocycles. The number of aromatic hydroxyl groups is 1. The molecular weight excluding hydrogens is 372 g/mol. The highest BCUT2D eigenvalue weighted by molar-refractivity contribution is 7.13. The van der Waals surface area contributed by atoms with Crippen molar-refractivity contribution in [2.45, 2.75) is 13.8 Å². The molecule has 0 atom stereocenters. The van der Waals surface area contributed by atoms with Gasteiger partial charge in [-0.1, -0.05) is 48.0 Å². The summed E-state index contributed by atoms with van der Waals surface area (Å²) in [7, 11) is 0. The lowest BCUT2D eigenvalue weighted by Crippen LogP contribution is -2.05. The summed E-state index contributed by atoms with van der Waals surface area (Å²) in [6.45, 7) is 3.43. The maximum absolute atomic E-state index is 11.6. The number of nitrogens with zero attached hydrogens (tertiary/aromatic N) is 1. The second kappa shape index (κ2) is 7.32. The van der Waals surface area contributed by atoms with Crippen LogP contribution in [0.3, 0.4) is 0 Å². The minimum Gasteiger partial charge on any atom is -0.506 e. The fraction of sp³-hybridized carbons (Fsp3) is 0.0909. The van der Waals surface area contributed by atoms with Crippen LogP contribution in [0.4, 0.5) is 5.88 Å². The Balaban J connectivity index is 1.82. The number of aryl methyl sites for hydroxylation is 1. The van der Waals surface area contributed by atoms with E-state index in [9.17, 15) is 9.90 Å². The molecule has 0 fully saturated rings. The van der Waals surface area contributed by atoms with Crippen molar-refractivity contribution in [1.29, 1.82) is 0 Å². The van der Waals surface area contributed by atoms with Crippen LogP contribution in [-0.4, -0.2) is 16.0 Å². The lowest BCUT2D eigenvalue weighted by atomic mass is 10.0. The van der Waals surface area contributed by atoms with E-state index >= 15 is 0 Å². The quantitative estimate of drug-likeness (QED) is 0.468. The lowest BCUT2D eigenvalue weighted by Gasteiger charge is -2.08. The number of carbonyl (C=O) groups is 1. The number of benzene rings is 2. The van der Waals surface area contributed by atoms with Crippen molar-refractivity contribution in [3.05, 3.63) is 65.5 Å². The van der Waals surface area contributed by atoms with Crippen molar-refractivity contribution in [2.24, 2.45) is 0 Å². The van der Waals surface area contributed by atoms with Crippen molar-refractivity contribution in [3.8, 4) is 38.9 Å². The molecule has 6 heteroatoms. The third kappa shape index (κ3) is 3.42. The molecule has 4 aromatic rings. The maximum atomic E-state index is 11.6. The number of phenols is 1. The van der Waals surface area contributed by atoms with Crippen LogP contribution in [0.25, 0.3) is 33.2 Å². The molecule has 2 heterocycles. The zero-order valence-electron chi connectivity index (χ0n) is 15.4. The number of thiophene rings is 1. The SMILES string of the molecule is CC(=O)Nc1oc(-c2cccc(-c3ccc(C)cc3)c2O)nc1-c1cccs1. The largest absolute Gasteiger partial charge is 0.506 e. The van der Waals surface area contributed by atoms with Gasteiger partial charge in [0, 0.05) is 12.5 Å². The Labute approximate surface area is 166 Å². The summed E-state index contributed by atoms with van der Waals surface area (Å²) in [5.74, 6) is 0.349. The van der Waals surface area contributed by atoms with Gasteiger partial charge >= 0.3 is 0 Å². The average molecular weight is 390 g/mol. The molecule has 0 aliphatic rings. The highest BCUT2D eigenvalue weighted by Crippen LogP contribution is 2.41. The minimum atomic E-state index is -0.252. The smallest absolute Gasteiger partial charge is 0.233 e. The van der Waals surface area contributed by atoms with Gasteiger partial charge in [-0.05, 0) is 30.0 Å². The number of anilines is 1. The first-order chi connectivity index (χ1) is 13.5. The van der Waals surface area contributed by atoms with E-state index in [1.165, 1.54) is 18.3 Å². The predicted octanol–water partition coefficient (Wildman–Crippen LogP) is 5.71. The van der Waals surface area contributed by atoms with Gasteiger partial charge in [0.15, 0.2) is 0 Å². The Morgan fingerprint density at radius 2 is 1.82 bits per heavy atom. The number of hydrogen-bond acceptors (Lipinski definition) is 5. The third-order valence-corrected chi connectivity index (χ3v) is 5.18. The molecule has 0 bridgehead atoms. The summed E-state index contributed by atoms with van der Waals surface area (Å²) in [5, 5.41) is 15.5. The number of aromatic nitrogens is 1. The molecule has 2 N–H and O–H groups in total. The topological polar surface area (TPSA) is 75.4 Å². The van der Waals surface area contributed by atoms with Gasteiger partial charge in [-0.2, -0.15) is 0 Å². The second-order valence-electron chi connectivity index (χ2n) is 6.42. The van der Waals surface area contributed by atoms with Gasteiger partial charge < -0.3 is 9.52 Å². The van der Waals surface area contributed by atoms with Gasteiger partial charge in [-0.3, -0.25) is 10.1 Å². The molecule has 0 saturated heterocycles. The highest BCUT2D eigenvalue weighted by atomic mass is 32.1. The van der Waals surface area contributed by atoms with E-state index < -0.39 is 0 Å². The van der Waals surface area contributed by atoms with Crippen LogP contribution in [0.2, 0.25) is 0 Å². The van der Waals surface area contributed by atoms with E-state index in [0.29, 0.717) is 16.8 Å². The number of amides is 1. The number of rotatable bonds is 4. The zero-order chi connectivity index (χ0) is 19.7. The fourth-order valence-electron chi connectivity index (χ4n) is 2.94. The number of carbonyl (C=O) groups excluding carboxylic acids is 1. The Kier molecular flexibility index (Phi) is 4.71. The molecule has 0 saturated carbocycles. The van der Waals surface area contributed by atoms with E-state index in [2.05, 4.69) is 10.3 Å². The molecule has 28 heavy (non-hydrogen) atoms. The van der Waals surface area contributed by atoms with E-state index in [4.69, 9.17) is 4.42 Å². The van der Waals surface area contributed by atoms with Crippen LogP contribution in [0.5, 0.6) is 5.75 Å². The summed E-state index contributed by atoms with van der Waals surface area (Å²) in [6.07, 6.45) is 0. The standard InChI is InChI=1S/C22H18N2O3S/c1-13-8-10-15(11-9-13)16-5-3-6-17(20(16)26)21-24-19(18-7-4-12-28-18)22(27-21)23-14(2)25/h3-12,26H,1-2H3,(H,23,25). The maximum Gasteiger partial charge on any atom is 0.233 e. The molecule has 0 unspecified atom stereocenters. The molecule has 0 spiro atoms. The first-order valence-electron chi connectivity index (χ1n) is 8.74. The van der Waals surface area contributed by atoms with Crippen LogP contribution in [0.15, 0.2) is 64.4 Å². The van der Waals surface area contributed by atoms with Crippen LogP contribution >= 0.6 is 11.3 Å². The van der Waals surface area contributed by atoms with Crippen LogP contribution in [0.1, 0.15) is 12.5 Å². The molecule has 0 radical (unpaired) electrons. The number of para-hydroxylation sites is 1. The lowest BCUT2D eigenvalue weighted by molar-refractivity contribution is -0.114. The Hall–Kier alpha value is -3.38. The van der Waals surface area contributed by atoms with Gasteiger partial charge in [0.1, 0.15) is 11.4 Å². The van der Waals surface area contributed by atoms with E-state index in [0.717, 1.165) is 16.0 Å². The van der Waals surface area contributed by atoms with Crippen LogP contribution in [-0.2, 0) is 4.79 Å². The van der Waals surface area contributed by atoms with Gasteiger partial charge in [-0.15, -0.1) is 11.3 Å². The molecule has 2 aromatic carbocycles. The van der Waals surface area contributed by atoms with Crippen molar-refractivity contribution in [1.82, 2.24) is 4.98 Å². The van der Waals surface area contributed by atoms with Gasteiger partial charge in [-0.25, -0.2) is 4.98 Å². The van der Waals surface area contributed by atoms with Crippen molar-refractivity contribution in [2.75, 3.05) is 5.32 Å². The summed E-state index contributed by atoms with van der Waals surface area (Å²) in [6, 6.07) is 17.2. The van der Waals surface area contributed by atoms with Gasteiger partial charge in [0.2, 0.25) is 17.7 Å². The molecule has 0 aliphatic carbocycles. The van der Waals surface area contributed by atoms with Gasteiger partial charge in [0.05, 0.1) is 10.4 Å². The van der Waals surface area contributed by atoms with E-state index in [1.807, 2.05) is 60.8 Å². The number of oxazole rings is 1. The second-order valence-corrected chi connectivity index (χ2v) is 7.37. The molecular formula is C22H18N2O3S. The van der Waals surface area contributed by atoms with Crippen molar-refractivity contribution < 1.29 is 14.3 Å². The van der Waals surface area contributed by atoms with E-state index in [1.54, 1.807) is 6.07 Å². The van der Waals surface area contributed by atoms with Gasteiger partial charge in [0.25, 0.3) is 0 Å². The molecule has 5 nitrogen and oxygen atoms in total. The molecule has 2 aromatic heterocycles. The minimum absolute atomic E-state index is 0.0831. The first-order valence-corrected chi connectivity index (χ1v) is 9.62. The fourth-order valence-corrected chi connectivity index (χ4v) is 3.65. The first kappa shape index (κ1) is 18.0. The molecule has 1 amide bonds. The predicted molar refractivity (Wildman–Crippen MR) is 111 cm³/mol. The summed E-state index contributed by atoms with van der Waals surface area (Å²) >= 11 is 1.50. The van der Waals surface area contributed by atoms with Crippen molar-refractivity contribution in [3.63, 3.8) is 0 Å². The third-order valence-electron chi connectivity index (χ3n) is 4.30. The Morgan fingerprint density at radius 1 is 1.07 bits per heavy atom. The Morgan fingerprint density at radius 3 is 2.50 bits per heavy atom. The summed E-state index contributed by atoms with van der Waals surface area (Å²) in [5.41, 5.74) is 3.74. The van der Waals surface area contributed by atoms with Crippen molar-refractivity contribution >= 4 is 23.1 Å². The van der Waals surface area contributed by atoms with Crippen LogP contribution < -0.4 is 5.32 Å². The highest BCUT2D eigenvalue weighted by Gasteiger charge is 2.21. The monoisotopic (exact) mass is 390 g/mol.